The van der Waals surface area contributed by atoms with E-state index in [1.165, 1.54) is 19.3 Å². The maximum absolute atomic E-state index is 5.97. The van der Waals surface area contributed by atoms with Gasteiger partial charge in [-0.1, -0.05) is 36.5 Å². The molecule has 4 heteroatoms. The lowest BCUT2D eigenvalue weighted by atomic mass is 9.88. The van der Waals surface area contributed by atoms with Gasteiger partial charge in [0, 0.05) is 6.07 Å². The molecule has 1 fully saturated rings. The van der Waals surface area contributed by atoms with Gasteiger partial charge < -0.3 is 10.5 Å². The van der Waals surface area contributed by atoms with Crippen molar-refractivity contribution in [3.8, 4) is 5.75 Å². The smallest absolute Gasteiger partial charge is 0.144 e. The number of hydrogen-bond donors (Lipinski definition) is 1. The Labute approximate surface area is 112 Å². The van der Waals surface area contributed by atoms with Crippen molar-refractivity contribution in [3.05, 3.63) is 22.2 Å². The second-order valence-corrected chi connectivity index (χ2v) is 5.54. The molecule has 1 aliphatic rings. The van der Waals surface area contributed by atoms with Crippen molar-refractivity contribution >= 4 is 28.9 Å². The Balaban J connectivity index is 2.15. The second kappa shape index (κ2) is 5.36. The Bertz CT molecular complexity index is 409. The average Bonchev–Trinajstić information content (AvgIpc) is 2.29. The van der Waals surface area contributed by atoms with Gasteiger partial charge in [0.1, 0.15) is 11.9 Å². The molecule has 0 amide bonds. The van der Waals surface area contributed by atoms with Crippen LogP contribution in [-0.2, 0) is 0 Å². The molecule has 1 saturated carbocycles. The molecule has 1 aromatic rings. The van der Waals surface area contributed by atoms with Gasteiger partial charge in [-0.15, -0.1) is 0 Å². The van der Waals surface area contributed by atoms with E-state index in [0.717, 1.165) is 6.42 Å². The highest BCUT2D eigenvalue weighted by molar-refractivity contribution is 6.42. The highest BCUT2D eigenvalue weighted by Gasteiger charge is 2.23. The number of nitrogen functional groups attached to an aromatic ring is 1. The zero-order valence-electron chi connectivity index (χ0n) is 9.88. The van der Waals surface area contributed by atoms with Gasteiger partial charge >= 0.3 is 0 Å². The molecule has 2 rings (SSSR count). The van der Waals surface area contributed by atoms with E-state index < -0.39 is 0 Å². The van der Waals surface area contributed by atoms with Crippen LogP contribution in [0.2, 0.25) is 10.0 Å². The van der Waals surface area contributed by atoms with Crippen LogP contribution in [0.3, 0.4) is 0 Å². The van der Waals surface area contributed by atoms with Gasteiger partial charge in [-0.2, -0.15) is 0 Å². The zero-order valence-corrected chi connectivity index (χ0v) is 11.4. The Hall–Kier alpha value is -0.600. The predicted octanol–water partition coefficient (Wildman–Crippen LogP) is 4.53. The predicted molar refractivity (Wildman–Crippen MR) is 72.9 cm³/mol. The van der Waals surface area contributed by atoms with E-state index in [1.54, 1.807) is 12.1 Å². The van der Waals surface area contributed by atoms with Crippen molar-refractivity contribution in [2.45, 2.75) is 38.7 Å². The Morgan fingerprint density at radius 1 is 1.18 bits per heavy atom. The van der Waals surface area contributed by atoms with Crippen molar-refractivity contribution < 1.29 is 4.74 Å². The van der Waals surface area contributed by atoms with Gasteiger partial charge in [0.2, 0.25) is 0 Å². The lowest BCUT2D eigenvalue weighted by Gasteiger charge is -2.29. The summed E-state index contributed by atoms with van der Waals surface area (Å²) < 4.78 is 5.97. The molecular weight excluding hydrogens is 257 g/mol. The minimum Gasteiger partial charge on any atom is -0.488 e. The van der Waals surface area contributed by atoms with Gasteiger partial charge in [-0.3, -0.25) is 0 Å². The molecule has 0 radical (unpaired) electrons. The summed E-state index contributed by atoms with van der Waals surface area (Å²) in [6.07, 6.45) is 5.05. The third kappa shape index (κ3) is 2.99. The fourth-order valence-corrected chi connectivity index (χ4v) is 2.59. The summed E-state index contributed by atoms with van der Waals surface area (Å²) >= 11 is 11.9. The summed E-state index contributed by atoms with van der Waals surface area (Å²) in [7, 11) is 0. The zero-order chi connectivity index (χ0) is 12.4. The summed E-state index contributed by atoms with van der Waals surface area (Å²) in [5.74, 6) is 1.22. The highest BCUT2D eigenvalue weighted by atomic mass is 35.5. The van der Waals surface area contributed by atoms with E-state index in [-0.39, 0.29) is 6.10 Å². The van der Waals surface area contributed by atoms with E-state index in [0.29, 0.717) is 27.4 Å². The van der Waals surface area contributed by atoms with E-state index in [2.05, 4.69) is 6.92 Å². The van der Waals surface area contributed by atoms with E-state index in [1.807, 2.05) is 0 Å². The SMILES string of the molecule is CC1CCCCC1Oc1cc(Cl)c(Cl)cc1N. The van der Waals surface area contributed by atoms with Crippen LogP contribution in [0.4, 0.5) is 5.69 Å². The lowest BCUT2D eigenvalue weighted by Crippen LogP contribution is -2.28. The molecule has 0 aromatic heterocycles. The van der Waals surface area contributed by atoms with Crippen molar-refractivity contribution in [2.75, 3.05) is 5.73 Å². The van der Waals surface area contributed by atoms with Gasteiger partial charge in [0.15, 0.2) is 0 Å². The van der Waals surface area contributed by atoms with Crippen LogP contribution in [-0.4, -0.2) is 6.10 Å². The van der Waals surface area contributed by atoms with Crippen LogP contribution in [0.5, 0.6) is 5.75 Å². The first-order valence-corrected chi connectivity index (χ1v) is 6.74. The summed E-state index contributed by atoms with van der Waals surface area (Å²) in [6, 6.07) is 3.35. The topological polar surface area (TPSA) is 35.2 Å². The largest absolute Gasteiger partial charge is 0.488 e. The second-order valence-electron chi connectivity index (χ2n) is 4.72. The Kier molecular flexibility index (Phi) is 4.05. The minimum atomic E-state index is 0.239. The van der Waals surface area contributed by atoms with Crippen LogP contribution < -0.4 is 10.5 Å². The fraction of sp³-hybridized carbons (Fsp3) is 0.538. The summed E-state index contributed by atoms with van der Waals surface area (Å²) in [5.41, 5.74) is 6.44. The van der Waals surface area contributed by atoms with Gasteiger partial charge in [-0.25, -0.2) is 0 Å². The van der Waals surface area contributed by atoms with Gasteiger partial charge in [-0.05, 0) is 31.2 Å². The molecule has 2 unspecified atom stereocenters. The number of anilines is 1. The molecule has 2 N–H and O–H groups in total. The number of hydrogen-bond acceptors (Lipinski definition) is 2. The fourth-order valence-electron chi connectivity index (χ4n) is 2.27. The standard InChI is InChI=1S/C13H17Cl2NO/c1-8-4-2-3-5-12(8)17-13-7-10(15)9(14)6-11(13)16/h6-8,12H,2-5,16H2,1H3. The van der Waals surface area contributed by atoms with E-state index >= 15 is 0 Å². The quantitative estimate of drug-likeness (QED) is 0.804. The first-order valence-electron chi connectivity index (χ1n) is 5.99. The lowest BCUT2D eigenvalue weighted by molar-refractivity contribution is 0.103. The molecule has 0 aliphatic heterocycles. The Morgan fingerprint density at radius 3 is 2.53 bits per heavy atom. The summed E-state index contributed by atoms with van der Waals surface area (Å²) in [4.78, 5) is 0. The van der Waals surface area contributed by atoms with Crippen molar-refractivity contribution in [1.29, 1.82) is 0 Å². The maximum Gasteiger partial charge on any atom is 0.144 e. The van der Waals surface area contributed by atoms with Crippen molar-refractivity contribution in [1.82, 2.24) is 0 Å². The highest BCUT2D eigenvalue weighted by Crippen LogP contribution is 2.35. The number of nitrogens with two attached hydrogens (primary N) is 1. The normalized spacial score (nSPS) is 24.6. The molecule has 2 atom stereocenters. The molecule has 94 valence electrons. The van der Waals surface area contributed by atoms with Crippen LogP contribution in [0, 0.1) is 5.92 Å². The molecule has 1 aromatic carbocycles. The number of rotatable bonds is 2. The number of benzene rings is 1. The molecule has 0 saturated heterocycles. The molecule has 0 heterocycles. The number of ether oxygens (including phenoxy) is 1. The van der Waals surface area contributed by atoms with Crippen LogP contribution >= 0.6 is 23.2 Å². The van der Waals surface area contributed by atoms with Crippen LogP contribution in [0.15, 0.2) is 12.1 Å². The van der Waals surface area contributed by atoms with Crippen molar-refractivity contribution in [3.63, 3.8) is 0 Å². The monoisotopic (exact) mass is 273 g/mol. The summed E-state index contributed by atoms with van der Waals surface area (Å²) in [5, 5.41) is 0.951. The minimum absolute atomic E-state index is 0.239. The van der Waals surface area contributed by atoms with Gasteiger partial charge in [0.05, 0.1) is 15.7 Å². The average molecular weight is 274 g/mol. The maximum atomic E-state index is 5.97. The van der Waals surface area contributed by atoms with E-state index in [4.69, 9.17) is 33.7 Å². The first-order chi connectivity index (χ1) is 8.08. The van der Waals surface area contributed by atoms with Crippen molar-refractivity contribution in [2.24, 2.45) is 5.92 Å². The molecule has 2 nitrogen and oxygen atoms in total. The van der Waals surface area contributed by atoms with Gasteiger partial charge in [0.25, 0.3) is 0 Å². The van der Waals surface area contributed by atoms with Crippen LogP contribution in [0.25, 0.3) is 0 Å². The molecule has 17 heavy (non-hydrogen) atoms. The molecular formula is C13H17Cl2NO. The Morgan fingerprint density at radius 2 is 1.82 bits per heavy atom. The first kappa shape index (κ1) is 12.8. The van der Waals surface area contributed by atoms with E-state index in [9.17, 15) is 0 Å². The molecule has 1 aliphatic carbocycles. The third-order valence-electron chi connectivity index (χ3n) is 3.36. The summed E-state index contributed by atoms with van der Waals surface area (Å²) in [6.45, 7) is 2.22. The molecule has 0 spiro atoms. The van der Waals surface area contributed by atoms with Crippen LogP contribution in [0.1, 0.15) is 32.6 Å². The third-order valence-corrected chi connectivity index (χ3v) is 4.09. The number of halogens is 2. The molecule has 0 bridgehead atoms.